The third-order valence-electron chi connectivity index (χ3n) is 3.67. The minimum Gasteiger partial charge on any atom is -0.492 e. The maximum atomic E-state index is 12.0. The molecule has 134 valence electrons. The molecule has 26 heavy (non-hydrogen) atoms. The molecule has 0 bridgehead atoms. The topological polar surface area (TPSA) is 51.2 Å². The van der Waals surface area contributed by atoms with Gasteiger partial charge in [-0.1, -0.05) is 35.4 Å². The summed E-state index contributed by atoms with van der Waals surface area (Å²) >= 11 is 7.38. The summed E-state index contributed by atoms with van der Waals surface area (Å²) in [6.45, 7) is 2.90. The number of rotatable bonds is 7. The Morgan fingerprint density at radius 1 is 1.23 bits per heavy atom. The molecule has 1 amide bonds. The number of ether oxygens (including phenoxy) is 1. The van der Waals surface area contributed by atoms with E-state index in [0.29, 0.717) is 18.2 Å². The Labute approximate surface area is 161 Å². The molecule has 0 spiro atoms. The summed E-state index contributed by atoms with van der Waals surface area (Å²) in [5, 5.41) is 6.38. The average Bonchev–Trinajstić information content (AvgIpc) is 3.09. The van der Waals surface area contributed by atoms with Gasteiger partial charge in [0.05, 0.1) is 18.7 Å². The van der Waals surface area contributed by atoms with Crippen LogP contribution in [0.15, 0.2) is 53.9 Å². The van der Waals surface area contributed by atoms with Gasteiger partial charge in [0.25, 0.3) is 0 Å². The molecule has 1 heterocycles. The quantitative estimate of drug-likeness (QED) is 0.608. The molecule has 1 N–H and O–H groups in total. The van der Waals surface area contributed by atoms with Crippen molar-refractivity contribution >= 4 is 28.8 Å². The van der Waals surface area contributed by atoms with Crippen LogP contribution >= 0.6 is 22.9 Å². The Morgan fingerprint density at radius 3 is 2.81 bits per heavy atom. The number of aromatic nitrogens is 1. The minimum atomic E-state index is -0.0641. The number of thiazole rings is 1. The Bertz CT molecular complexity index is 878. The SMILES string of the molecule is Cc1cccc(-c2nc(CC(=O)NCCOc3ccc(Cl)cc3)cs2)c1. The first-order chi connectivity index (χ1) is 12.6. The number of hydrogen-bond acceptors (Lipinski definition) is 4. The number of carbonyl (C=O) groups is 1. The van der Waals surface area contributed by atoms with Gasteiger partial charge in [-0.25, -0.2) is 4.98 Å². The fourth-order valence-corrected chi connectivity index (χ4v) is 3.36. The summed E-state index contributed by atoms with van der Waals surface area (Å²) < 4.78 is 5.55. The van der Waals surface area contributed by atoms with Crippen LogP contribution in [0.2, 0.25) is 5.02 Å². The van der Waals surface area contributed by atoms with E-state index in [4.69, 9.17) is 16.3 Å². The number of nitrogens with zero attached hydrogens (tertiary/aromatic N) is 1. The largest absolute Gasteiger partial charge is 0.492 e. The predicted octanol–water partition coefficient (Wildman–Crippen LogP) is 4.51. The maximum Gasteiger partial charge on any atom is 0.226 e. The summed E-state index contributed by atoms with van der Waals surface area (Å²) in [4.78, 5) is 16.6. The van der Waals surface area contributed by atoms with Gasteiger partial charge >= 0.3 is 0 Å². The highest BCUT2D eigenvalue weighted by atomic mass is 35.5. The van der Waals surface area contributed by atoms with Crippen LogP contribution in [-0.4, -0.2) is 24.0 Å². The van der Waals surface area contributed by atoms with Gasteiger partial charge in [-0.05, 0) is 37.3 Å². The van der Waals surface area contributed by atoms with Gasteiger partial charge in [0.1, 0.15) is 17.4 Å². The van der Waals surface area contributed by atoms with E-state index in [1.807, 2.05) is 17.5 Å². The van der Waals surface area contributed by atoms with Gasteiger partial charge in [-0.3, -0.25) is 4.79 Å². The summed E-state index contributed by atoms with van der Waals surface area (Å²) in [6.07, 6.45) is 0.267. The number of carbonyl (C=O) groups excluding carboxylic acids is 1. The highest BCUT2D eigenvalue weighted by molar-refractivity contribution is 7.13. The van der Waals surface area contributed by atoms with Crippen molar-refractivity contribution in [2.45, 2.75) is 13.3 Å². The van der Waals surface area contributed by atoms with E-state index < -0.39 is 0 Å². The second-order valence-electron chi connectivity index (χ2n) is 5.84. The van der Waals surface area contributed by atoms with Crippen LogP contribution in [0, 0.1) is 6.92 Å². The molecular formula is C20H19ClN2O2S. The van der Waals surface area contributed by atoms with Gasteiger partial charge in [0.15, 0.2) is 0 Å². The van der Waals surface area contributed by atoms with Crippen molar-refractivity contribution in [3.8, 4) is 16.3 Å². The first kappa shape index (κ1) is 18.4. The smallest absolute Gasteiger partial charge is 0.226 e. The molecule has 4 nitrogen and oxygen atoms in total. The van der Waals surface area contributed by atoms with Crippen LogP contribution in [0.4, 0.5) is 0 Å². The standard InChI is InChI=1S/C20H19ClN2O2S/c1-14-3-2-4-15(11-14)20-23-17(13-26-20)12-19(24)22-9-10-25-18-7-5-16(21)6-8-18/h2-8,11,13H,9-10,12H2,1H3,(H,22,24). The number of nitrogens with one attached hydrogen (secondary N) is 1. The zero-order chi connectivity index (χ0) is 18.4. The van der Waals surface area contributed by atoms with Crippen LogP contribution in [-0.2, 0) is 11.2 Å². The zero-order valence-corrected chi connectivity index (χ0v) is 15.9. The van der Waals surface area contributed by atoms with Gasteiger partial charge in [0, 0.05) is 16.0 Å². The second kappa shape index (κ2) is 8.83. The second-order valence-corrected chi connectivity index (χ2v) is 7.14. The van der Waals surface area contributed by atoms with Crippen LogP contribution in [0.5, 0.6) is 5.75 Å². The summed E-state index contributed by atoms with van der Waals surface area (Å²) in [5.74, 6) is 0.664. The third-order valence-corrected chi connectivity index (χ3v) is 4.86. The van der Waals surface area contributed by atoms with Crippen molar-refractivity contribution < 1.29 is 9.53 Å². The molecule has 6 heteroatoms. The Hall–Kier alpha value is -2.37. The molecule has 0 aliphatic rings. The molecule has 0 fully saturated rings. The number of hydrogen-bond donors (Lipinski definition) is 1. The van der Waals surface area contributed by atoms with Gasteiger partial charge < -0.3 is 10.1 Å². The molecule has 2 aromatic carbocycles. The van der Waals surface area contributed by atoms with Crippen molar-refractivity contribution in [1.82, 2.24) is 10.3 Å². The van der Waals surface area contributed by atoms with E-state index >= 15 is 0 Å². The van der Waals surface area contributed by atoms with Crippen molar-refractivity contribution in [1.29, 1.82) is 0 Å². The molecule has 0 saturated carbocycles. The molecular weight excluding hydrogens is 368 g/mol. The minimum absolute atomic E-state index is 0.0641. The Morgan fingerprint density at radius 2 is 2.04 bits per heavy atom. The highest BCUT2D eigenvalue weighted by Gasteiger charge is 2.09. The average molecular weight is 387 g/mol. The van der Waals surface area contributed by atoms with Crippen molar-refractivity contribution in [3.05, 3.63) is 70.2 Å². The maximum absolute atomic E-state index is 12.0. The van der Waals surface area contributed by atoms with Crippen LogP contribution in [0.1, 0.15) is 11.3 Å². The normalized spacial score (nSPS) is 10.5. The van der Waals surface area contributed by atoms with Gasteiger partial charge in [-0.15, -0.1) is 11.3 Å². The van der Waals surface area contributed by atoms with Crippen LogP contribution in [0.25, 0.3) is 10.6 Å². The lowest BCUT2D eigenvalue weighted by atomic mass is 10.1. The first-order valence-corrected chi connectivity index (χ1v) is 9.52. The van der Waals surface area contributed by atoms with E-state index in [1.54, 1.807) is 35.6 Å². The lowest BCUT2D eigenvalue weighted by molar-refractivity contribution is -0.120. The predicted molar refractivity (Wildman–Crippen MR) is 106 cm³/mol. The molecule has 0 aliphatic carbocycles. The molecule has 3 aromatic rings. The third kappa shape index (κ3) is 5.31. The summed E-state index contributed by atoms with van der Waals surface area (Å²) in [5.41, 5.74) is 3.05. The Balaban J connectivity index is 1.44. The van der Waals surface area contributed by atoms with Crippen LogP contribution in [0.3, 0.4) is 0 Å². The molecule has 0 unspecified atom stereocenters. The highest BCUT2D eigenvalue weighted by Crippen LogP contribution is 2.24. The molecule has 0 radical (unpaired) electrons. The molecule has 1 aromatic heterocycles. The molecule has 0 aliphatic heterocycles. The fraction of sp³-hybridized carbons (Fsp3) is 0.200. The van der Waals surface area contributed by atoms with Crippen molar-refractivity contribution in [2.75, 3.05) is 13.2 Å². The zero-order valence-electron chi connectivity index (χ0n) is 14.4. The van der Waals surface area contributed by atoms with E-state index in [9.17, 15) is 4.79 Å². The fourth-order valence-electron chi connectivity index (χ4n) is 2.42. The number of benzene rings is 2. The monoisotopic (exact) mass is 386 g/mol. The first-order valence-electron chi connectivity index (χ1n) is 8.27. The van der Waals surface area contributed by atoms with E-state index in [2.05, 4.69) is 29.4 Å². The number of aryl methyl sites for hydroxylation is 1. The van der Waals surface area contributed by atoms with Crippen LogP contribution < -0.4 is 10.1 Å². The molecule has 3 rings (SSSR count). The summed E-state index contributed by atoms with van der Waals surface area (Å²) in [6, 6.07) is 15.3. The lowest BCUT2D eigenvalue weighted by Gasteiger charge is -2.07. The van der Waals surface area contributed by atoms with E-state index in [1.165, 1.54) is 5.56 Å². The van der Waals surface area contributed by atoms with Gasteiger partial charge in [-0.2, -0.15) is 0 Å². The van der Waals surface area contributed by atoms with Gasteiger partial charge in [0.2, 0.25) is 5.91 Å². The number of halogens is 1. The van der Waals surface area contributed by atoms with Crippen molar-refractivity contribution in [3.63, 3.8) is 0 Å². The van der Waals surface area contributed by atoms with E-state index in [-0.39, 0.29) is 12.3 Å². The van der Waals surface area contributed by atoms with Crippen molar-refractivity contribution in [2.24, 2.45) is 0 Å². The summed E-state index contributed by atoms with van der Waals surface area (Å²) in [7, 11) is 0. The number of amides is 1. The Kier molecular flexibility index (Phi) is 6.26. The van der Waals surface area contributed by atoms with E-state index in [0.717, 1.165) is 22.0 Å². The molecule has 0 atom stereocenters. The molecule has 0 saturated heterocycles. The lowest BCUT2D eigenvalue weighted by Crippen LogP contribution is -2.29.